The summed E-state index contributed by atoms with van der Waals surface area (Å²) < 4.78 is 23.3. The van der Waals surface area contributed by atoms with E-state index in [-0.39, 0.29) is 18.9 Å². The van der Waals surface area contributed by atoms with Crippen molar-refractivity contribution in [2.75, 3.05) is 40.9 Å². The number of quaternary nitrogens is 1. The molecular formula is C72H117N2O6P. The number of amides is 1. The van der Waals surface area contributed by atoms with Crippen LogP contribution >= 0.6 is 7.82 Å². The Kier molecular flexibility index (Phi) is 56.9. The van der Waals surface area contributed by atoms with E-state index in [4.69, 9.17) is 9.05 Å². The lowest BCUT2D eigenvalue weighted by Gasteiger charge is -2.29. The number of aliphatic hydroxyl groups excluding tert-OH is 1. The monoisotopic (exact) mass is 1140 g/mol. The first kappa shape index (κ1) is 76.6. The Morgan fingerprint density at radius 2 is 0.765 bits per heavy atom. The summed E-state index contributed by atoms with van der Waals surface area (Å²) in [5.41, 5.74) is 0. The third kappa shape index (κ3) is 63.0. The largest absolute Gasteiger partial charge is 0.756 e. The minimum atomic E-state index is -4.64. The quantitative estimate of drug-likeness (QED) is 0.0272. The molecule has 0 aromatic carbocycles. The lowest BCUT2D eigenvalue weighted by atomic mass is 10.1. The Labute approximate surface area is 497 Å². The fourth-order valence-electron chi connectivity index (χ4n) is 7.93. The van der Waals surface area contributed by atoms with E-state index in [0.29, 0.717) is 23.9 Å². The van der Waals surface area contributed by atoms with Gasteiger partial charge in [-0.15, -0.1) is 0 Å². The van der Waals surface area contributed by atoms with Gasteiger partial charge in [-0.3, -0.25) is 9.36 Å². The molecule has 456 valence electrons. The van der Waals surface area contributed by atoms with E-state index in [1.807, 2.05) is 27.2 Å². The number of carbonyl (C=O) groups is 1. The minimum absolute atomic E-state index is 0.0279. The summed E-state index contributed by atoms with van der Waals surface area (Å²) in [4.78, 5) is 25.5. The molecule has 0 rings (SSSR count). The van der Waals surface area contributed by atoms with E-state index in [2.05, 4.69) is 189 Å². The zero-order valence-corrected chi connectivity index (χ0v) is 52.8. The van der Waals surface area contributed by atoms with E-state index >= 15 is 0 Å². The Hall–Kier alpha value is -4.40. The topological polar surface area (TPSA) is 108 Å². The zero-order valence-electron chi connectivity index (χ0n) is 51.9. The highest BCUT2D eigenvalue weighted by Crippen LogP contribution is 2.38. The summed E-state index contributed by atoms with van der Waals surface area (Å²) in [6.07, 6.45) is 97.1. The van der Waals surface area contributed by atoms with Gasteiger partial charge in [0, 0.05) is 6.42 Å². The molecule has 9 heteroatoms. The number of hydrogen-bond donors (Lipinski definition) is 2. The standard InChI is InChI=1S/C72H117N2O6P/c1-6-8-10-12-14-16-18-20-22-24-26-28-29-30-31-32-33-34-35-36-37-38-39-40-41-42-43-44-45-46-48-50-52-54-56-58-60-62-64-66-72(76)73-70(69-80-81(77,78)79-68-67-74(3,4)5)71(75)65-63-61-59-57-55-53-51-49-47-27-25-23-21-19-17-15-13-11-9-7-2/h8,10,14,16,20,22,26,28,30-31,33-34,36-37,39-40,42-43,45-47,49-50,52,55-58,63,65,70-71,75H,6-7,9,11-13,15,17-19,21,23-25,27,29,32,35,38,41,44,48,51,53-54,59-62,64,66-69H2,1-5H3,(H-,73,76,77,78)/b10-8-,16-14-,22-20-,28-26-,31-30-,34-33-,37-36-,40-39-,43-42-,46-45-,49-47+,52-50-,57-55+,58-56-,65-63+. The van der Waals surface area contributed by atoms with Gasteiger partial charge in [-0.2, -0.15) is 0 Å². The van der Waals surface area contributed by atoms with Gasteiger partial charge in [0.2, 0.25) is 5.91 Å². The Bertz CT molecular complexity index is 1970. The van der Waals surface area contributed by atoms with Crippen LogP contribution in [0.4, 0.5) is 0 Å². The molecule has 0 fully saturated rings. The number of phosphoric ester groups is 1. The van der Waals surface area contributed by atoms with Gasteiger partial charge in [0.15, 0.2) is 0 Å². The summed E-state index contributed by atoms with van der Waals surface area (Å²) in [5, 5.41) is 13.8. The van der Waals surface area contributed by atoms with Gasteiger partial charge in [-0.1, -0.05) is 254 Å². The SMILES string of the molecule is CC/C=C\C/C=C\C/C=C\C/C=C\C/C=C\C/C=C\C/C=C\C/C=C\C/C=C\C/C=C\C/C=C\C/C=C\CCCCC(=O)NC(COP(=O)([O-])OCC[N+](C)(C)C)C(O)/C=C/CC/C=C/CC/C=C/CCCCCCCCCCCC. The number of likely N-dealkylation sites (N-methyl/N-ethyl adjacent to an activating group) is 1. The maximum Gasteiger partial charge on any atom is 0.268 e. The Morgan fingerprint density at radius 1 is 0.444 bits per heavy atom. The first-order valence-electron chi connectivity index (χ1n) is 31.6. The number of aliphatic hydroxyl groups is 1. The number of allylic oxidation sites excluding steroid dienone is 29. The van der Waals surface area contributed by atoms with E-state index in [9.17, 15) is 19.4 Å². The Morgan fingerprint density at radius 3 is 1.15 bits per heavy atom. The molecule has 8 nitrogen and oxygen atoms in total. The summed E-state index contributed by atoms with van der Waals surface area (Å²) in [5.74, 6) is -0.261. The van der Waals surface area contributed by atoms with Gasteiger partial charge in [-0.05, 0) is 135 Å². The molecule has 0 heterocycles. The summed E-state index contributed by atoms with van der Waals surface area (Å²) in [6, 6.07) is -0.948. The normalized spacial score (nSPS) is 15.0. The maximum atomic E-state index is 13.0. The third-order valence-electron chi connectivity index (χ3n) is 12.8. The van der Waals surface area contributed by atoms with Crippen molar-refractivity contribution >= 4 is 13.7 Å². The van der Waals surface area contributed by atoms with Crippen LogP contribution in [-0.4, -0.2) is 68.5 Å². The molecule has 0 radical (unpaired) electrons. The first-order chi connectivity index (χ1) is 39.5. The van der Waals surface area contributed by atoms with Crippen LogP contribution < -0.4 is 10.2 Å². The molecule has 0 saturated carbocycles. The van der Waals surface area contributed by atoms with Crippen molar-refractivity contribution in [3.63, 3.8) is 0 Å². The van der Waals surface area contributed by atoms with Gasteiger partial charge >= 0.3 is 0 Å². The fraction of sp³-hybridized carbons (Fsp3) is 0.569. The van der Waals surface area contributed by atoms with Crippen molar-refractivity contribution in [1.29, 1.82) is 0 Å². The third-order valence-corrected chi connectivity index (χ3v) is 13.8. The molecule has 3 unspecified atom stereocenters. The molecule has 81 heavy (non-hydrogen) atoms. The average Bonchev–Trinajstić information content (AvgIpc) is 3.43. The van der Waals surface area contributed by atoms with Crippen LogP contribution in [0.2, 0.25) is 0 Å². The van der Waals surface area contributed by atoms with Crippen molar-refractivity contribution in [3.8, 4) is 0 Å². The molecule has 2 N–H and O–H groups in total. The highest BCUT2D eigenvalue weighted by molar-refractivity contribution is 7.45. The number of carbonyl (C=O) groups excluding carboxylic acids is 1. The van der Waals surface area contributed by atoms with E-state index in [1.54, 1.807) is 6.08 Å². The van der Waals surface area contributed by atoms with Gasteiger partial charge in [0.1, 0.15) is 13.2 Å². The zero-order chi connectivity index (χ0) is 59.1. The molecule has 0 aliphatic heterocycles. The van der Waals surface area contributed by atoms with Crippen molar-refractivity contribution in [2.45, 2.75) is 225 Å². The van der Waals surface area contributed by atoms with Crippen LogP contribution in [0.25, 0.3) is 0 Å². The number of nitrogens with one attached hydrogen (secondary N) is 1. The molecule has 0 aliphatic carbocycles. The molecule has 0 aromatic heterocycles. The van der Waals surface area contributed by atoms with Crippen LogP contribution in [0.1, 0.15) is 213 Å². The van der Waals surface area contributed by atoms with Crippen LogP contribution in [0.5, 0.6) is 0 Å². The second kappa shape index (κ2) is 60.2. The minimum Gasteiger partial charge on any atom is -0.756 e. The average molecular weight is 1140 g/mol. The summed E-state index contributed by atoms with van der Waals surface area (Å²) >= 11 is 0. The number of hydrogen-bond acceptors (Lipinski definition) is 6. The molecular weight excluding hydrogens is 1020 g/mol. The highest BCUT2D eigenvalue weighted by Gasteiger charge is 2.23. The van der Waals surface area contributed by atoms with Crippen molar-refractivity contribution < 1.29 is 32.9 Å². The number of phosphoric acid groups is 1. The van der Waals surface area contributed by atoms with E-state index < -0.39 is 26.6 Å². The summed E-state index contributed by atoms with van der Waals surface area (Å²) in [7, 11) is 1.18. The van der Waals surface area contributed by atoms with Crippen molar-refractivity contribution in [1.82, 2.24) is 5.32 Å². The van der Waals surface area contributed by atoms with Crippen molar-refractivity contribution in [2.24, 2.45) is 0 Å². The smallest absolute Gasteiger partial charge is 0.268 e. The molecule has 1 amide bonds. The lowest BCUT2D eigenvalue weighted by molar-refractivity contribution is -0.870. The second-order valence-corrected chi connectivity index (χ2v) is 23.1. The number of rotatable bonds is 55. The van der Waals surface area contributed by atoms with E-state index in [1.165, 1.54) is 64.2 Å². The number of nitrogens with zero attached hydrogens (tertiary/aromatic N) is 1. The maximum absolute atomic E-state index is 13.0. The number of unbranched alkanes of at least 4 members (excludes halogenated alkanes) is 14. The molecule has 0 aromatic rings. The molecule has 0 saturated heterocycles. The predicted octanol–water partition coefficient (Wildman–Crippen LogP) is 19.5. The van der Waals surface area contributed by atoms with Gasteiger partial charge in [-0.25, -0.2) is 0 Å². The molecule has 0 aliphatic rings. The first-order valence-corrected chi connectivity index (χ1v) is 33.1. The summed E-state index contributed by atoms with van der Waals surface area (Å²) in [6.45, 7) is 4.45. The second-order valence-electron chi connectivity index (χ2n) is 21.7. The van der Waals surface area contributed by atoms with Crippen LogP contribution in [0.3, 0.4) is 0 Å². The van der Waals surface area contributed by atoms with Gasteiger partial charge < -0.3 is 28.8 Å². The lowest BCUT2D eigenvalue weighted by Crippen LogP contribution is -2.45. The molecule has 0 bridgehead atoms. The van der Waals surface area contributed by atoms with Gasteiger partial charge in [0.05, 0.1) is 39.9 Å². The fourth-order valence-corrected chi connectivity index (χ4v) is 8.65. The predicted molar refractivity (Wildman–Crippen MR) is 352 cm³/mol. The van der Waals surface area contributed by atoms with Crippen molar-refractivity contribution in [3.05, 3.63) is 182 Å². The van der Waals surface area contributed by atoms with E-state index in [0.717, 1.165) is 116 Å². The van der Waals surface area contributed by atoms with Crippen LogP contribution in [-0.2, 0) is 18.4 Å². The van der Waals surface area contributed by atoms with Crippen LogP contribution in [0.15, 0.2) is 182 Å². The molecule has 3 atom stereocenters. The molecule has 0 spiro atoms. The van der Waals surface area contributed by atoms with Gasteiger partial charge in [0.25, 0.3) is 7.82 Å². The Balaban J connectivity index is 4.34. The highest BCUT2D eigenvalue weighted by atomic mass is 31.2. The van der Waals surface area contributed by atoms with Crippen LogP contribution in [0, 0.1) is 0 Å².